The van der Waals surface area contributed by atoms with Crippen LogP contribution in [-0.4, -0.2) is 36.5 Å². The Morgan fingerprint density at radius 3 is 2.28 bits per heavy atom. The molecule has 0 aliphatic heterocycles. The summed E-state index contributed by atoms with van der Waals surface area (Å²) in [5.41, 5.74) is -0.166. The van der Waals surface area contributed by atoms with E-state index < -0.39 is 6.10 Å². The molecule has 2 N–H and O–H groups in total. The first kappa shape index (κ1) is 17.9. The van der Waals surface area contributed by atoms with Gasteiger partial charge in [-0.25, -0.2) is 0 Å². The van der Waals surface area contributed by atoms with Crippen LogP contribution in [0.1, 0.15) is 66.2 Å². The van der Waals surface area contributed by atoms with E-state index in [-0.39, 0.29) is 5.60 Å². The molecule has 0 saturated carbocycles. The van der Waals surface area contributed by atoms with Gasteiger partial charge in [0.1, 0.15) is 0 Å². The third-order valence-corrected chi connectivity index (χ3v) is 2.80. The molecule has 0 amide bonds. The van der Waals surface area contributed by atoms with Crippen molar-refractivity contribution in [1.29, 1.82) is 0 Å². The fourth-order valence-corrected chi connectivity index (χ4v) is 1.70. The van der Waals surface area contributed by atoms with Gasteiger partial charge in [0.25, 0.3) is 0 Å². The Morgan fingerprint density at radius 1 is 1.06 bits per heavy atom. The molecule has 1 atom stereocenters. The lowest BCUT2D eigenvalue weighted by atomic mass is 10.1. The van der Waals surface area contributed by atoms with Crippen LogP contribution < -0.4 is 5.32 Å². The second-order valence-electron chi connectivity index (χ2n) is 6.05. The molecule has 0 fully saturated rings. The Hall–Kier alpha value is -0.120. The van der Waals surface area contributed by atoms with E-state index >= 15 is 0 Å². The Bertz CT molecular complexity index is 178. The Morgan fingerprint density at radius 2 is 1.67 bits per heavy atom. The zero-order valence-corrected chi connectivity index (χ0v) is 12.8. The second kappa shape index (κ2) is 10.8. The van der Waals surface area contributed by atoms with Gasteiger partial charge >= 0.3 is 0 Å². The minimum atomic E-state index is -0.399. The zero-order chi connectivity index (χ0) is 13.9. The number of nitrogens with one attached hydrogen (secondary N) is 1. The molecule has 110 valence electrons. The van der Waals surface area contributed by atoms with Crippen LogP contribution in [0.2, 0.25) is 0 Å². The average molecular weight is 259 g/mol. The molecular formula is C15H33NO2. The normalized spacial score (nSPS) is 13.8. The number of unbranched alkanes of at least 4 members (excludes halogenated alkanes) is 5. The number of hydrogen-bond acceptors (Lipinski definition) is 3. The van der Waals surface area contributed by atoms with Crippen LogP contribution in [0.5, 0.6) is 0 Å². The topological polar surface area (TPSA) is 41.5 Å². The van der Waals surface area contributed by atoms with Crippen molar-refractivity contribution in [3.63, 3.8) is 0 Å². The van der Waals surface area contributed by atoms with Crippen molar-refractivity contribution in [3.8, 4) is 0 Å². The van der Waals surface area contributed by atoms with Gasteiger partial charge in [0, 0.05) is 6.54 Å². The van der Waals surface area contributed by atoms with Gasteiger partial charge in [0.2, 0.25) is 0 Å². The highest BCUT2D eigenvalue weighted by atomic mass is 16.5. The molecule has 3 nitrogen and oxygen atoms in total. The van der Waals surface area contributed by atoms with E-state index in [0.29, 0.717) is 13.2 Å². The minimum Gasteiger partial charge on any atom is -0.389 e. The van der Waals surface area contributed by atoms with Crippen molar-refractivity contribution in [2.75, 3.05) is 19.7 Å². The van der Waals surface area contributed by atoms with Gasteiger partial charge in [-0.05, 0) is 33.7 Å². The number of rotatable bonds is 11. The minimum absolute atomic E-state index is 0.166. The van der Waals surface area contributed by atoms with Crippen LogP contribution in [-0.2, 0) is 4.74 Å². The second-order valence-corrected chi connectivity index (χ2v) is 6.05. The third-order valence-electron chi connectivity index (χ3n) is 2.80. The van der Waals surface area contributed by atoms with E-state index in [1.54, 1.807) is 0 Å². The van der Waals surface area contributed by atoms with Crippen LogP contribution in [0, 0.1) is 0 Å². The summed E-state index contributed by atoms with van der Waals surface area (Å²) in [6.07, 6.45) is 7.46. The maximum atomic E-state index is 9.70. The van der Waals surface area contributed by atoms with E-state index in [2.05, 4.69) is 12.2 Å². The van der Waals surface area contributed by atoms with Gasteiger partial charge < -0.3 is 15.2 Å². The van der Waals surface area contributed by atoms with Crippen LogP contribution in [0.3, 0.4) is 0 Å². The molecule has 0 aromatic rings. The van der Waals surface area contributed by atoms with E-state index in [4.69, 9.17) is 4.74 Å². The van der Waals surface area contributed by atoms with Crippen molar-refractivity contribution in [1.82, 2.24) is 5.32 Å². The fraction of sp³-hybridized carbons (Fsp3) is 1.00. The highest BCUT2D eigenvalue weighted by molar-refractivity contribution is 4.64. The lowest BCUT2D eigenvalue weighted by Crippen LogP contribution is -2.34. The van der Waals surface area contributed by atoms with Gasteiger partial charge in [-0.15, -0.1) is 0 Å². The average Bonchev–Trinajstić information content (AvgIpc) is 2.29. The molecule has 1 unspecified atom stereocenters. The maximum absolute atomic E-state index is 9.70. The summed E-state index contributed by atoms with van der Waals surface area (Å²) in [5, 5.41) is 13.0. The Labute approximate surface area is 113 Å². The summed E-state index contributed by atoms with van der Waals surface area (Å²) in [5.74, 6) is 0. The zero-order valence-electron chi connectivity index (χ0n) is 12.8. The smallest absolute Gasteiger partial charge is 0.0897 e. The van der Waals surface area contributed by atoms with Crippen LogP contribution in [0.4, 0.5) is 0 Å². The van der Waals surface area contributed by atoms with Crippen LogP contribution in [0.25, 0.3) is 0 Å². The van der Waals surface area contributed by atoms with Crippen molar-refractivity contribution in [2.24, 2.45) is 0 Å². The number of ether oxygens (including phenoxy) is 1. The first-order valence-electron chi connectivity index (χ1n) is 7.48. The van der Waals surface area contributed by atoms with Gasteiger partial charge in [-0.3, -0.25) is 0 Å². The predicted octanol–water partition coefficient (Wildman–Crippen LogP) is 3.11. The summed E-state index contributed by atoms with van der Waals surface area (Å²) in [6, 6.07) is 0. The van der Waals surface area contributed by atoms with Crippen molar-refractivity contribution in [2.45, 2.75) is 77.9 Å². The van der Waals surface area contributed by atoms with Gasteiger partial charge in [-0.1, -0.05) is 39.0 Å². The first-order valence-corrected chi connectivity index (χ1v) is 7.48. The Balaban J connectivity index is 3.23. The summed E-state index contributed by atoms with van der Waals surface area (Å²) >= 11 is 0. The summed E-state index contributed by atoms with van der Waals surface area (Å²) in [7, 11) is 0. The van der Waals surface area contributed by atoms with Crippen molar-refractivity contribution >= 4 is 0 Å². The quantitative estimate of drug-likeness (QED) is 0.560. The number of aliphatic hydroxyl groups is 1. The molecule has 0 aromatic heterocycles. The number of aliphatic hydroxyl groups excluding tert-OH is 1. The van der Waals surface area contributed by atoms with Gasteiger partial charge in [-0.2, -0.15) is 0 Å². The van der Waals surface area contributed by atoms with E-state index in [0.717, 1.165) is 6.54 Å². The molecule has 0 heterocycles. The molecular weight excluding hydrogens is 226 g/mol. The van der Waals surface area contributed by atoms with E-state index in [9.17, 15) is 5.11 Å². The van der Waals surface area contributed by atoms with E-state index in [1.807, 2.05) is 20.8 Å². The Kier molecular flexibility index (Phi) is 10.7. The highest BCUT2D eigenvalue weighted by Crippen LogP contribution is 2.07. The highest BCUT2D eigenvalue weighted by Gasteiger charge is 2.12. The molecule has 3 heteroatoms. The third kappa shape index (κ3) is 13.9. The summed E-state index contributed by atoms with van der Waals surface area (Å²) in [6.45, 7) is 10.3. The number of hydrogen-bond donors (Lipinski definition) is 2. The molecule has 0 aromatic carbocycles. The van der Waals surface area contributed by atoms with Crippen molar-refractivity contribution in [3.05, 3.63) is 0 Å². The molecule has 0 spiro atoms. The SMILES string of the molecule is CCCCCCCCNCC(O)COC(C)(C)C. The molecule has 0 saturated heterocycles. The lowest BCUT2D eigenvalue weighted by Gasteiger charge is -2.22. The van der Waals surface area contributed by atoms with E-state index in [1.165, 1.54) is 38.5 Å². The predicted molar refractivity (Wildman–Crippen MR) is 78.0 cm³/mol. The molecule has 0 bridgehead atoms. The summed E-state index contributed by atoms with van der Waals surface area (Å²) in [4.78, 5) is 0. The molecule has 0 rings (SSSR count). The molecule has 0 radical (unpaired) electrons. The van der Waals surface area contributed by atoms with Gasteiger partial charge in [0.05, 0.1) is 18.3 Å². The summed E-state index contributed by atoms with van der Waals surface area (Å²) < 4.78 is 5.52. The monoisotopic (exact) mass is 259 g/mol. The van der Waals surface area contributed by atoms with Crippen LogP contribution >= 0.6 is 0 Å². The van der Waals surface area contributed by atoms with Crippen LogP contribution in [0.15, 0.2) is 0 Å². The lowest BCUT2D eigenvalue weighted by molar-refractivity contribution is -0.0478. The van der Waals surface area contributed by atoms with Gasteiger partial charge in [0.15, 0.2) is 0 Å². The largest absolute Gasteiger partial charge is 0.389 e. The fourth-order valence-electron chi connectivity index (χ4n) is 1.70. The molecule has 0 aliphatic rings. The standard InChI is InChI=1S/C15H33NO2/c1-5-6-7-8-9-10-11-16-12-14(17)13-18-15(2,3)4/h14,16-17H,5-13H2,1-4H3. The van der Waals surface area contributed by atoms with Crippen molar-refractivity contribution < 1.29 is 9.84 Å². The molecule has 18 heavy (non-hydrogen) atoms. The maximum Gasteiger partial charge on any atom is 0.0897 e. The molecule has 0 aliphatic carbocycles. The first-order chi connectivity index (χ1) is 8.45.